The van der Waals surface area contributed by atoms with Crippen LogP contribution < -0.4 is 14.8 Å². The van der Waals surface area contributed by atoms with Crippen molar-refractivity contribution in [2.75, 3.05) is 6.79 Å². The highest BCUT2D eigenvalue weighted by molar-refractivity contribution is 7.71. The number of amides is 1. The molecule has 3 N–H and O–H groups in total. The Morgan fingerprint density at radius 1 is 1.21 bits per heavy atom. The fourth-order valence-corrected chi connectivity index (χ4v) is 2.83. The summed E-state index contributed by atoms with van der Waals surface area (Å²) >= 11 is 5.00. The zero-order valence-electron chi connectivity index (χ0n) is 12.3. The van der Waals surface area contributed by atoms with E-state index in [1.807, 2.05) is 6.07 Å². The van der Waals surface area contributed by atoms with E-state index in [0.717, 1.165) is 5.56 Å². The Morgan fingerprint density at radius 3 is 2.92 bits per heavy atom. The number of aromatic nitrogens is 2. The van der Waals surface area contributed by atoms with Gasteiger partial charge in [0.1, 0.15) is 5.82 Å². The number of hydrogen-bond acceptors (Lipinski definition) is 4. The number of benzene rings is 2. The van der Waals surface area contributed by atoms with Crippen LogP contribution in [0.15, 0.2) is 30.3 Å². The summed E-state index contributed by atoms with van der Waals surface area (Å²) in [6, 6.07) is 7.88. The molecule has 1 aliphatic rings. The van der Waals surface area contributed by atoms with Gasteiger partial charge in [0.2, 0.25) is 6.79 Å². The molecular weight excluding hydrogens is 333 g/mol. The lowest BCUT2D eigenvalue weighted by molar-refractivity contribution is 0.0952. The van der Waals surface area contributed by atoms with Crippen molar-refractivity contribution >= 4 is 29.2 Å². The maximum absolute atomic E-state index is 13.7. The lowest BCUT2D eigenvalue weighted by Crippen LogP contribution is -2.23. The molecule has 0 atom stereocenters. The first-order chi connectivity index (χ1) is 11.6. The largest absolute Gasteiger partial charge is 0.454 e. The van der Waals surface area contributed by atoms with Gasteiger partial charge in [0.15, 0.2) is 16.3 Å². The topological polar surface area (TPSA) is 79.1 Å². The Bertz CT molecular complexity index is 1010. The summed E-state index contributed by atoms with van der Waals surface area (Å²) in [4.78, 5) is 18.1. The molecule has 0 spiro atoms. The van der Waals surface area contributed by atoms with Crippen molar-refractivity contribution in [3.05, 3.63) is 52.0 Å². The minimum Gasteiger partial charge on any atom is -0.454 e. The van der Waals surface area contributed by atoms with Gasteiger partial charge in [-0.3, -0.25) is 4.79 Å². The van der Waals surface area contributed by atoms with Gasteiger partial charge in [-0.1, -0.05) is 6.07 Å². The van der Waals surface area contributed by atoms with E-state index in [9.17, 15) is 9.18 Å². The van der Waals surface area contributed by atoms with Crippen molar-refractivity contribution in [1.29, 1.82) is 0 Å². The molecule has 24 heavy (non-hydrogen) atoms. The van der Waals surface area contributed by atoms with Crippen LogP contribution in [-0.4, -0.2) is 22.7 Å². The summed E-state index contributed by atoms with van der Waals surface area (Å²) in [5.41, 5.74) is 1.97. The second kappa shape index (κ2) is 5.64. The Kier molecular flexibility index (Phi) is 3.46. The zero-order chi connectivity index (χ0) is 16.7. The number of imidazole rings is 1. The van der Waals surface area contributed by atoms with E-state index < -0.39 is 11.7 Å². The summed E-state index contributed by atoms with van der Waals surface area (Å²) in [5, 5.41) is 2.77. The van der Waals surface area contributed by atoms with Crippen LogP contribution in [0, 0.1) is 10.6 Å². The summed E-state index contributed by atoms with van der Waals surface area (Å²) in [7, 11) is 0. The van der Waals surface area contributed by atoms with Crippen molar-refractivity contribution in [3.8, 4) is 11.5 Å². The highest BCUT2D eigenvalue weighted by atomic mass is 32.1. The number of nitrogens with one attached hydrogen (secondary N) is 3. The standard InChI is InChI=1S/C16H12FN3O3S/c17-9-4-10(14-11(5-9)19-16(24)20-14)15(21)18-6-8-1-2-12-13(3-8)23-7-22-12/h1-5H,6-7H2,(H,18,21)(H2,19,20,24). The summed E-state index contributed by atoms with van der Waals surface area (Å²) < 4.78 is 24.6. The quantitative estimate of drug-likeness (QED) is 0.638. The average Bonchev–Trinajstić information content (AvgIpc) is 3.16. The summed E-state index contributed by atoms with van der Waals surface area (Å²) in [6.45, 7) is 0.470. The lowest BCUT2D eigenvalue weighted by Gasteiger charge is -2.07. The molecule has 4 rings (SSSR count). The first-order valence-electron chi connectivity index (χ1n) is 7.18. The Labute approximate surface area is 140 Å². The van der Waals surface area contributed by atoms with Gasteiger partial charge in [-0.15, -0.1) is 0 Å². The predicted molar refractivity (Wildman–Crippen MR) is 87.2 cm³/mol. The van der Waals surface area contributed by atoms with Crippen LogP contribution in [0.1, 0.15) is 15.9 Å². The number of H-pyrrole nitrogens is 2. The zero-order valence-corrected chi connectivity index (χ0v) is 13.1. The fraction of sp³-hybridized carbons (Fsp3) is 0.125. The molecule has 1 amide bonds. The first-order valence-corrected chi connectivity index (χ1v) is 7.59. The number of aromatic amines is 2. The first kappa shape index (κ1) is 14.7. The minimum absolute atomic E-state index is 0.193. The Morgan fingerprint density at radius 2 is 2.04 bits per heavy atom. The van der Waals surface area contributed by atoms with E-state index >= 15 is 0 Å². The number of rotatable bonds is 3. The fourth-order valence-electron chi connectivity index (χ4n) is 2.61. The lowest BCUT2D eigenvalue weighted by atomic mass is 10.1. The maximum Gasteiger partial charge on any atom is 0.253 e. The van der Waals surface area contributed by atoms with Crippen molar-refractivity contribution in [1.82, 2.24) is 15.3 Å². The van der Waals surface area contributed by atoms with Gasteiger partial charge < -0.3 is 24.8 Å². The third-order valence-corrected chi connectivity index (χ3v) is 3.93. The van der Waals surface area contributed by atoms with E-state index in [0.29, 0.717) is 27.3 Å². The molecule has 8 heteroatoms. The maximum atomic E-state index is 13.7. The van der Waals surface area contributed by atoms with Crippen molar-refractivity contribution in [3.63, 3.8) is 0 Å². The minimum atomic E-state index is -0.513. The smallest absolute Gasteiger partial charge is 0.253 e. The number of ether oxygens (including phenoxy) is 2. The molecule has 2 heterocycles. The van der Waals surface area contributed by atoms with Crippen LogP contribution in [0.2, 0.25) is 0 Å². The van der Waals surface area contributed by atoms with Crippen LogP contribution in [0.3, 0.4) is 0 Å². The van der Waals surface area contributed by atoms with Gasteiger partial charge in [0, 0.05) is 6.54 Å². The van der Waals surface area contributed by atoms with Gasteiger partial charge in [0.05, 0.1) is 16.6 Å². The highest BCUT2D eigenvalue weighted by Crippen LogP contribution is 2.32. The second-order valence-corrected chi connectivity index (χ2v) is 5.73. The molecule has 0 unspecified atom stereocenters. The van der Waals surface area contributed by atoms with Gasteiger partial charge in [-0.25, -0.2) is 4.39 Å². The van der Waals surface area contributed by atoms with Gasteiger partial charge in [-0.2, -0.15) is 0 Å². The number of hydrogen-bond donors (Lipinski definition) is 3. The molecular formula is C16H12FN3O3S. The van der Waals surface area contributed by atoms with Crippen LogP contribution in [0.25, 0.3) is 11.0 Å². The molecule has 0 aliphatic carbocycles. The number of carbonyl (C=O) groups is 1. The van der Waals surface area contributed by atoms with E-state index in [4.69, 9.17) is 21.7 Å². The molecule has 1 aromatic heterocycles. The summed E-state index contributed by atoms with van der Waals surface area (Å²) in [6.07, 6.45) is 0. The third kappa shape index (κ3) is 2.61. The SMILES string of the molecule is O=C(NCc1ccc2c(c1)OCO2)c1cc(F)cc2[nH]c(=S)[nH]c12. The molecule has 0 saturated carbocycles. The average molecular weight is 345 g/mol. The van der Waals surface area contributed by atoms with E-state index in [-0.39, 0.29) is 18.9 Å². The van der Waals surface area contributed by atoms with Gasteiger partial charge in [-0.05, 0) is 42.0 Å². The highest BCUT2D eigenvalue weighted by Gasteiger charge is 2.16. The molecule has 3 aromatic rings. The monoisotopic (exact) mass is 345 g/mol. The molecule has 0 fully saturated rings. The molecule has 0 bridgehead atoms. The molecule has 0 radical (unpaired) electrons. The number of halogens is 1. The van der Waals surface area contributed by atoms with Crippen LogP contribution in [0.4, 0.5) is 4.39 Å². The molecule has 1 aliphatic heterocycles. The summed E-state index contributed by atoms with van der Waals surface area (Å²) in [5.74, 6) is 0.407. The Balaban J connectivity index is 1.57. The van der Waals surface area contributed by atoms with Gasteiger partial charge in [0.25, 0.3) is 5.91 Å². The van der Waals surface area contributed by atoms with Crippen molar-refractivity contribution < 1.29 is 18.7 Å². The van der Waals surface area contributed by atoms with Crippen LogP contribution in [0.5, 0.6) is 11.5 Å². The predicted octanol–water partition coefficient (Wildman–Crippen LogP) is 3.02. The number of fused-ring (bicyclic) bond motifs is 2. The van der Waals surface area contributed by atoms with Crippen molar-refractivity contribution in [2.24, 2.45) is 0 Å². The number of carbonyl (C=O) groups excluding carboxylic acids is 1. The van der Waals surface area contributed by atoms with Crippen molar-refractivity contribution in [2.45, 2.75) is 6.54 Å². The molecule has 0 saturated heterocycles. The molecule has 2 aromatic carbocycles. The molecule has 122 valence electrons. The van der Waals surface area contributed by atoms with Crippen LogP contribution in [-0.2, 0) is 6.54 Å². The molecule has 6 nitrogen and oxygen atoms in total. The van der Waals surface area contributed by atoms with E-state index in [1.165, 1.54) is 12.1 Å². The Hall–Kier alpha value is -2.87. The van der Waals surface area contributed by atoms with E-state index in [2.05, 4.69) is 15.3 Å². The van der Waals surface area contributed by atoms with E-state index in [1.54, 1.807) is 12.1 Å². The normalized spacial score (nSPS) is 12.5. The third-order valence-electron chi connectivity index (χ3n) is 3.72. The second-order valence-electron chi connectivity index (χ2n) is 5.33. The van der Waals surface area contributed by atoms with Crippen LogP contribution >= 0.6 is 12.2 Å². The van der Waals surface area contributed by atoms with Gasteiger partial charge >= 0.3 is 0 Å².